The minimum Gasteiger partial charge on any atom is -0.369 e. The molecular formula is C19H19NO2. The number of ether oxygens (including phenoxy) is 1. The first-order chi connectivity index (χ1) is 10.7. The van der Waals surface area contributed by atoms with E-state index < -0.39 is 6.10 Å². The predicted molar refractivity (Wildman–Crippen MR) is 88.1 cm³/mol. The number of benzene rings is 2. The van der Waals surface area contributed by atoms with Gasteiger partial charge in [-0.3, -0.25) is 4.79 Å². The standard InChI is InChI=1S/C19H19NO2/c1-20-17(18(22-2)19(20)21)16(15-11-7-4-8-12-15)13-14-9-5-3-6-10-14/h3-13,17-18H,1-2H3/b16-13-/t17-,18+/m0/s1. The highest BCUT2D eigenvalue weighted by Crippen LogP contribution is 2.34. The summed E-state index contributed by atoms with van der Waals surface area (Å²) in [6.45, 7) is 0. The molecule has 1 heterocycles. The molecule has 3 heteroatoms. The molecule has 0 unspecified atom stereocenters. The van der Waals surface area contributed by atoms with Crippen molar-refractivity contribution in [1.82, 2.24) is 4.90 Å². The highest BCUT2D eigenvalue weighted by atomic mass is 16.5. The van der Waals surface area contributed by atoms with Crippen LogP contribution in [0.1, 0.15) is 11.1 Å². The molecule has 2 aromatic rings. The van der Waals surface area contributed by atoms with Gasteiger partial charge in [0, 0.05) is 14.2 Å². The van der Waals surface area contributed by atoms with Crippen LogP contribution in [0.15, 0.2) is 60.7 Å². The van der Waals surface area contributed by atoms with Gasteiger partial charge in [0.05, 0.1) is 6.04 Å². The molecule has 0 radical (unpaired) electrons. The number of rotatable bonds is 4. The molecule has 2 aromatic carbocycles. The quantitative estimate of drug-likeness (QED) is 0.640. The number of likely N-dealkylation sites (tertiary alicyclic amines) is 1. The molecule has 0 bridgehead atoms. The fourth-order valence-corrected chi connectivity index (χ4v) is 2.89. The average molecular weight is 293 g/mol. The summed E-state index contributed by atoms with van der Waals surface area (Å²) in [5, 5.41) is 0. The Bertz CT molecular complexity index is 679. The van der Waals surface area contributed by atoms with E-state index in [9.17, 15) is 4.79 Å². The van der Waals surface area contributed by atoms with Crippen LogP contribution in [0.25, 0.3) is 11.6 Å². The van der Waals surface area contributed by atoms with Crippen molar-refractivity contribution in [3.8, 4) is 0 Å². The summed E-state index contributed by atoms with van der Waals surface area (Å²) in [5.41, 5.74) is 3.32. The first kappa shape index (κ1) is 14.5. The van der Waals surface area contributed by atoms with Gasteiger partial charge in [0.25, 0.3) is 5.91 Å². The maximum Gasteiger partial charge on any atom is 0.254 e. The number of hydrogen-bond donors (Lipinski definition) is 0. The Hall–Kier alpha value is -2.39. The molecule has 112 valence electrons. The van der Waals surface area contributed by atoms with Crippen molar-refractivity contribution in [3.05, 3.63) is 71.8 Å². The van der Waals surface area contributed by atoms with Crippen molar-refractivity contribution >= 4 is 17.6 Å². The van der Waals surface area contributed by atoms with Gasteiger partial charge >= 0.3 is 0 Å². The topological polar surface area (TPSA) is 29.5 Å². The molecule has 3 nitrogen and oxygen atoms in total. The number of nitrogens with zero attached hydrogens (tertiary/aromatic N) is 1. The van der Waals surface area contributed by atoms with E-state index in [2.05, 4.69) is 30.3 Å². The Morgan fingerprint density at radius 3 is 2.23 bits per heavy atom. The third-order valence-corrected chi connectivity index (χ3v) is 4.10. The molecule has 0 saturated carbocycles. The lowest BCUT2D eigenvalue weighted by atomic mass is 9.85. The van der Waals surface area contributed by atoms with Crippen molar-refractivity contribution in [2.75, 3.05) is 14.2 Å². The number of hydrogen-bond acceptors (Lipinski definition) is 2. The van der Waals surface area contributed by atoms with Gasteiger partial charge in [-0.15, -0.1) is 0 Å². The summed E-state index contributed by atoms with van der Waals surface area (Å²) in [6, 6.07) is 20.2. The second-order valence-corrected chi connectivity index (χ2v) is 5.43. The van der Waals surface area contributed by atoms with Crippen LogP contribution in [0, 0.1) is 0 Å². The largest absolute Gasteiger partial charge is 0.369 e. The number of methoxy groups -OCH3 is 1. The van der Waals surface area contributed by atoms with Gasteiger partial charge in [-0.1, -0.05) is 60.7 Å². The van der Waals surface area contributed by atoms with Gasteiger partial charge in [-0.2, -0.15) is 0 Å². The Balaban J connectivity index is 2.05. The zero-order chi connectivity index (χ0) is 15.5. The van der Waals surface area contributed by atoms with E-state index >= 15 is 0 Å². The van der Waals surface area contributed by atoms with Crippen LogP contribution in [-0.4, -0.2) is 37.1 Å². The van der Waals surface area contributed by atoms with Crippen LogP contribution < -0.4 is 0 Å². The van der Waals surface area contributed by atoms with Gasteiger partial charge in [0.15, 0.2) is 6.10 Å². The van der Waals surface area contributed by atoms with Gasteiger partial charge in [-0.25, -0.2) is 0 Å². The van der Waals surface area contributed by atoms with E-state index in [4.69, 9.17) is 4.74 Å². The molecule has 22 heavy (non-hydrogen) atoms. The summed E-state index contributed by atoms with van der Waals surface area (Å²) in [6.07, 6.45) is 1.73. The molecule has 1 saturated heterocycles. The monoisotopic (exact) mass is 293 g/mol. The normalized spacial score (nSPS) is 21.6. The van der Waals surface area contributed by atoms with E-state index in [0.717, 1.165) is 16.7 Å². The second kappa shape index (κ2) is 6.16. The molecule has 0 spiro atoms. The first-order valence-electron chi connectivity index (χ1n) is 7.34. The minimum atomic E-state index is -0.403. The van der Waals surface area contributed by atoms with Crippen molar-refractivity contribution in [1.29, 1.82) is 0 Å². The van der Waals surface area contributed by atoms with E-state index in [0.29, 0.717) is 0 Å². The molecule has 1 fully saturated rings. The molecule has 0 aromatic heterocycles. The second-order valence-electron chi connectivity index (χ2n) is 5.43. The zero-order valence-electron chi connectivity index (χ0n) is 12.8. The van der Waals surface area contributed by atoms with Crippen molar-refractivity contribution in [2.24, 2.45) is 0 Å². The van der Waals surface area contributed by atoms with E-state index in [-0.39, 0.29) is 11.9 Å². The van der Waals surface area contributed by atoms with Crippen LogP contribution in [0.4, 0.5) is 0 Å². The number of amides is 1. The highest BCUT2D eigenvalue weighted by molar-refractivity contribution is 5.98. The molecule has 1 aliphatic rings. The first-order valence-corrected chi connectivity index (χ1v) is 7.34. The fraction of sp³-hybridized carbons (Fsp3) is 0.211. The molecular weight excluding hydrogens is 274 g/mol. The lowest BCUT2D eigenvalue weighted by Crippen LogP contribution is -2.63. The van der Waals surface area contributed by atoms with Gasteiger partial charge in [-0.05, 0) is 22.8 Å². The number of β-lactam (4-membered cyclic amide) rings is 1. The SMILES string of the molecule is CO[C@H]1C(=O)N(C)[C@H]1/C(=C\c1ccccc1)c1ccccc1. The van der Waals surface area contributed by atoms with Gasteiger partial charge in [0.1, 0.15) is 0 Å². The van der Waals surface area contributed by atoms with Crippen molar-refractivity contribution < 1.29 is 9.53 Å². The number of carbonyl (C=O) groups is 1. The Morgan fingerprint density at radius 1 is 1.05 bits per heavy atom. The van der Waals surface area contributed by atoms with E-state index in [1.807, 2.05) is 43.4 Å². The summed E-state index contributed by atoms with van der Waals surface area (Å²) in [4.78, 5) is 13.7. The zero-order valence-corrected chi connectivity index (χ0v) is 12.8. The Morgan fingerprint density at radius 2 is 1.64 bits per heavy atom. The lowest BCUT2D eigenvalue weighted by Gasteiger charge is -2.45. The summed E-state index contributed by atoms with van der Waals surface area (Å²) in [7, 11) is 3.41. The third kappa shape index (κ3) is 2.55. The molecule has 1 aliphatic heterocycles. The van der Waals surface area contributed by atoms with Crippen molar-refractivity contribution in [3.63, 3.8) is 0 Å². The van der Waals surface area contributed by atoms with Crippen LogP contribution in [-0.2, 0) is 9.53 Å². The van der Waals surface area contributed by atoms with Gasteiger partial charge in [0.2, 0.25) is 0 Å². The molecule has 0 N–H and O–H groups in total. The smallest absolute Gasteiger partial charge is 0.254 e. The minimum absolute atomic E-state index is 0.0300. The van der Waals surface area contributed by atoms with Crippen LogP contribution in [0.2, 0.25) is 0 Å². The Labute approximate surface area is 130 Å². The van der Waals surface area contributed by atoms with Gasteiger partial charge < -0.3 is 9.64 Å². The maximum absolute atomic E-state index is 12.0. The molecule has 0 aliphatic carbocycles. The number of likely N-dealkylation sites (N-methyl/N-ethyl adjacent to an activating group) is 1. The summed E-state index contributed by atoms with van der Waals surface area (Å²) < 4.78 is 5.39. The predicted octanol–water partition coefficient (Wildman–Crippen LogP) is 3.08. The lowest BCUT2D eigenvalue weighted by molar-refractivity contribution is -0.161. The Kier molecular flexibility index (Phi) is 4.07. The fourth-order valence-electron chi connectivity index (χ4n) is 2.89. The van der Waals surface area contributed by atoms with Crippen LogP contribution in [0.3, 0.4) is 0 Å². The van der Waals surface area contributed by atoms with Crippen molar-refractivity contribution in [2.45, 2.75) is 12.1 Å². The summed E-state index contributed by atoms with van der Waals surface area (Å²) in [5.74, 6) is 0.0300. The molecule has 1 amide bonds. The molecule has 2 atom stereocenters. The third-order valence-electron chi connectivity index (χ3n) is 4.10. The van der Waals surface area contributed by atoms with E-state index in [1.165, 1.54) is 0 Å². The number of carbonyl (C=O) groups excluding carboxylic acids is 1. The molecule has 3 rings (SSSR count). The summed E-state index contributed by atoms with van der Waals surface area (Å²) >= 11 is 0. The van der Waals surface area contributed by atoms with Crippen LogP contribution >= 0.6 is 0 Å². The van der Waals surface area contributed by atoms with E-state index in [1.54, 1.807) is 12.0 Å². The average Bonchev–Trinajstić information content (AvgIpc) is 2.59. The maximum atomic E-state index is 12.0. The highest BCUT2D eigenvalue weighted by Gasteiger charge is 2.47. The van der Waals surface area contributed by atoms with Crippen LogP contribution in [0.5, 0.6) is 0 Å².